The second-order valence-corrected chi connectivity index (χ2v) is 7.60. The van der Waals surface area contributed by atoms with Gasteiger partial charge in [0.15, 0.2) is 0 Å². The molecule has 108 valence electrons. The maximum Gasteiger partial charge on any atom is 0.124 e. The molecule has 2 nitrogen and oxygen atoms in total. The van der Waals surface area contributed by atoms with Gasteiger partial charge in [0.25, 0.3) is 0 Å². The third kappa shape index (κ3) is 1.88. The molecule has 0 aliphatic heterocycles. The fourth-order valence-corrected chi connectivity index (χ4v) is 3.79. The Labute approximate surface area is 130 Å². The van der Waals surface area contributed by atoms with Crippen molar-refractivity contribution in [2.75, 3.05) is 0 Å². The monoisotopic (exact) mass is 310 g/mol. The average Bonchev–Trinajstić information content (AvgIpc) is 2.69. The third-order valence-electron chi connectivity index (χ3n) is 5.59. The summed E-state index contributed by atoms with van der Waals surface area (Å²) >= 11 is 12.2. The lowest BCUT2D eigenvalue weighted by Gasteiger charge is -2.09. The number of alkyl halides is 1. The first kappa shape index (κ1) is 14.2. The lowest BCUT2D eigenvalue weighted by atomic mass is 10.0. The van der Waals surface area contributed by atoms with Gasteiger partial charge in [-0.1, -0.05) is 39.3 Å². The van der Waals surface area contributed by atoms with Crippen LogP contribution in [0.4, 0.5) is 0 Å². The van der Waals surface area contributed by atoms with Gasteiger partial charge >= 0.3 is 0 Å². The van der Waals surface area contributed by atoms with Gasteiger partial charge in [0.1, 0.15) is 5.82 Å². The first-order valence-electron chi connectivity index (χ1n) is 6.99. The maximum atomic E-state index is 6.13. The van der Waals surface area contributed by atoms with Crippen LogP contribution in [0.3, 0.4) is 0 Å². The molecule has 4 heteroatoms. The second kappa shape index (κ2) is 4.38. The Hall–Kier alpha value is -0.730. The predicted molar refractivity (Wildman–Crippen MR) is 85.4 cm³/mol. The van der Waals surface area contributed by atoms with Gasteiger partial charge in [0, 0.05) is 11.6 Å². The van der Waals surface area contributed by atoms with Crippen LogP contribution in [0.2, 0.25) is 5.02 Å². The number of nitrogens with zero attached hydrogens (tertiary/aromatic N) is 2. The van der Waals surface area contributed by atoms with Crippen LogP contribution in [0, 0.1) is 16.7 Å². The zero-order chi connectivity index (χ0) is 14.7. The molecular formula is C16H20Cl2N2. The van der Waals surface area contributed by atoms with E-state index >= 15 is 0 Å². The molecule has 1 aromatic heterocycles. The normalized spacial score (nSPS) is 20.5. The zero-order valence-corrected chi connectivity index (χ0v) is 13.9. The molecule has 1 aromatic carbocycles. The molecule has 0 amide bonds. The van der Waals surface area contributed by atoms with Gasteiger partial charge in [0.05, 0.1) is 16.9 Å². The van der Waals surface area contributed by atoms with E-state index in [-0.39, 0.29) is 0 Å². The molecule has 1 aliphatic rings. The molecule has 0 radical (unpaired) electrons. The molecule has 2 aromatic rings. The predicted octanol–water partition coefficient (Wildman–Crippen LogP) is 5.11. The average molecular weight is 311 g/mol. The van der Waals surface area contributed by atoms with Crippen molar-refractivity contribution in [1.29, 1.82) is 0 Å². The second-order valence-electron chi connectivity index (χ2n) is 6.90. The number of hydrogen-bond acceptors (Lipinski definition) is 1. The molecule has 20 heavy (non-hydrogen) atoms. The minimum Gasteiger partial charge on any atom is -0.327 e. The van der Waals surface area contributed by atoms with E-state index in [0.29, 0.717) is 22.6 Å². The number of hydrogen-bond donors (Lipinski definition) is 0. The lowest BCUT2D eigenvalue weighted by Crippen LogP contribution is -2.07. The highest BCUT2D eigenvalue weighted by molar-refractivity contribution is 6.31. The smallest absolute Gasteiger partial charge is 0.124 e. The summed E-state index contributed by atoms with van der Waals surface area (Å²) in [4.78, 5) is 4.62. The van der Waals surface area contributed by atoms with Gasteiger partial charge < -0.3 is 4.57 Å². The van der Waals surface area contributed by atoms with Crippen molar-refractivity contribution < 1.29 is 0 Å². The van der Waals surface area contributed by atoms with E-state index < -0.39 is 0 Å². The molecular weight excluding hydrogens is 291 g/mol. The van der Waals surface area contributed by atoms with Gasteiger partial charge in [-0.05, 0) is 34.9 Å². The van der Waals surface area contributed by atoms with Gasteiger partial charge in [-0.25, -0.2) is 4.98 Å². The van der Waals surface area contributed by atoms with Gasteiger partial charge in [-0.2, -0.15) is 0 Å². The summed E-state index contributed by atoms with van der Waals surface area (Å²) in [5, 5.41) is 0.745. The van der Waals surface area contributed by atoms with Crippen LogP contribution in [0.15, 0.2) is 18.2 Å². The van der Waals surface area contributed by atoms with E-state index in [0.717, 1.165) is 28.4 Å². The van der Waals surface area contributed by atoms with Crippen LogP contribution in [0.25, 0.3) is 11.0 Å². The first-order valence-corrected chi connectivity index (χ1v) is 7.91. The fourth-order valence-electron chi connectivity index (χ4n) is 3.42. The van der Waals surface area contributed by atoms with Crippen molar-refractivity contribution in [3.63, 3.8) is 0 Å². The Kier molecular flexibility index (Phi) is 3.11. The summed E-state index contributed by atoms with van der Waals surface area (Å²) < 4.78 is 2.25. The Morgan fingerprint density at radius 3 is 2.40 bits per heavy atom. The first-order chi connectivity index (χ1) is 9.29. The molecule has 1 fully saturated rings. The van der Waals surface area contributed by atoms with Crippen LogP contribution >= 0.6 is 23.2 Å². The SMILES string of the molecule is CC1(C)C(Cn2c(CCl)nc3ccc(Cl)cc32)C1(C)C. The van der Waals surface area contributed by atoms with E-state index in [4.69, 9.17) is 23.2 Å². The van der Waals surface area contributed by atoms with Gasteiger partial charge in [0.2, 0.25) is 0 Å². The number of rotatable bonds is 3. The Balaban J connectivity index is 2.05. The lowest BCUT2D eigenvalue weighted by molar-refractivity contribution is 0.457. The van der Waals surface area contributed by atoms with Crippen molar-refractivity contribution in [2.45, 2.75) is 40.1 Å². The van der Waals surface area contributed by atoms with E-state index in [1.807, 2.05) is 18.2 Å². The van der Waals surface area contributed by atoms with E-state index in [9.17, 15) is 0 Å². The summed E-state index contributed by atoms with van der Waals surface area (Å²) in [6, 6.07) is 5.83. The highest BCUT2D eigenvalue weighted by atomic mass is 35.5. The summed E-state index contributed by atoms with van der Waals surface area (Å²) in [5.41, 5.74) is 2.77. The van der Waals surface area contributed by atoms with Gasteiger partial charge in [-0.3, -0.25) is 0 Å². The minimum atomic E-state index is 0.353. The number of aromatic nitrogens is 2. The molecule has 1 saturated carbocycles. The summed E-state index contributed by atoms with van der Waals surface area (Å²) in [6.07, 6.45) is 0. The zero-order valence-electron chi connectivity index (χ0n) is 12.4. The highest BCUT2D eigenvalue weighted by Crippen LogP contribution is 2.69. The van der Waals surface area contributed by atoms with Gasteiger partial charge in [-0.15, -0.1) is 11.6 Å². The van der Waals surface area contributed by atoms with Crippen LogP contribution in [0.1, 0.15) is 33.5 Å². The molecule has 0 bridgehead atoms. The maximum absolute atomic E-state index is 6.13. The molecule has 0 spiro atoms. The quantitative estimate of drug-likeness (QED) is 0.720. The van der Waals surface area contributed by atoms with E-state index in [2.05, 4.69) is 37.2 Å². The van der Waals surface area contributed by atoms with Crippen LogP contribution < -0.4 is 0 Å². The molecule has 0 unspecified atom stereocenters. The molecule has 0 N–H and O–H groups in total. The third-order valence-corrected chi connectivity index (χ3v) is 6.07. The van der Waals surface area contributed by atoms with Crippen molar-refractivity contribution in [3.8, 4) is 0 Å². The Morgan fingerprint density at radius 2 is 1.85 bits per heavy atom. The van der Waals surface area contributed by atoms with Crippen LogP contribution in [-0.4, -0.2) is 9.55 Å². The summed E-state index contributed by atoms with van der Waals surface area (Å²) in [7, 11) is 0. The fraction of sp³-hybridized carbons (Fsp3) is 0.562. The number of benzene rings is 1. The van der Waals surface area contributed by atoms with Crippen LogP contribution in [0.5, 0.6) is 0 Å². The molecule has 1 aliphatic carbocycles. The molecule has 1 heterocycles. The largest absolute Gasteiger partial charge is 0.327 e. The summed E-state index contributed by atoms with van der Waals surface area (Å²) in [5.74, 6) is 2.00. The number of halogens is 2. The van der Waals surface area contributed by atoms with Crippen molar-refractivity contribution in [2.24, 2.45) is 16.7 Å². The van der Waals surface area contributed by atoms with Crippen LogP contribution in [-0.2, 0) is 12.4 Å². The Bertz CT molecular complexity index is 656. The minimum absolute atomic E-state index is 0.353. The molecule has 0 atom stereocenters. The van der Waals surface area contributed by atoms with Crippen molar-refractivity contribution >= 4 is 34.2 Å². The molecule has 3 rings (SSSR count). The number of imidazole rings is 1. The number of fused-ring (bicyclic) bond motifs is 1. The highest BCUT2D eigenvalue weighted by Gasteiger charge is 2.64. The standard InChI is InChI=1S/C16H20Cl2N2/c1-15(2)13(16(15,3)4)9-20-12-7-10(18)5-6-11(12)19-14(20)8-17/h5-7,13H,8-9H2,1-4H3. The summed E-state index contributed by atoms with van der Waals surface area (Å²) in [6.45, 7) is 10.3. The van der Waals surface area contributed by atoms with E-state index in [1.54, 1.807) is 0 Å². The van der Waals surface area contributed by atoms with Crippen molar-refractivity contribution in [3.05, 3.63) is 29.0 Å². The Morgan fingerprint density at radius 1 is 1.20 bits per heavy atom. The molecule has 0 saturated heterocycles. The van der Waals surface area contributed by atoms with E-state index in [1.165, 1.54) is 0 Å². The van der Waals surface area contributed by atoms with Crippen molar-refractivity contribution in [1.82, 2.24) is 9.55 Å². The topological polar surface area (TPSA) is 17.8 Å².